The highest BCUT2D eigenvalue weighted by Crippen LogP contribution is 2.29. The summed E-state index contributed by atoms with van der Waals surface area (Å²) in [6.07, 6.45) is 1.11. The Morgan fingerprint density at radius 1 is 1.05 bits per heavy atom. The third-order valence-electron chi connectivity index (χ3n) is 4.81. The number of amides is 2. The number of nitrogens with one attached hydrogen (secondary N) is 2. The molecule has 0 unspecified atom stereocenters. The van der Waals surface area contributed by atoms with E-state index >= 15 is 0 Å². The van der Waals surface area contributed by atoms with Crippen LogP contribution >= 0.6 is 11.8 Å². The molecule has 0 aromatic heterocycles. The average molecular weight is 567 g/mol. The molecule has 0 heterocycles. The summed E-state index contributed by atoms with van der Waals surface area (Å²) in [4.78, 5) is 37.4. The minimum Gasteiger partial charge on any atom is -0.480 e. The Bertz CT molecular complexity index is 1280. The number of carbonyl (C=O) groups is 3. The molecule has 12 heteroatoms. The first kappa shape index (κ1) is 31.0. The molecule has 2 aromatic carbocycles. The van der Waals surface area contributed by atoms with Gasteiger partial charge in [-0.25, -0.2) is 13.6 Å². The van der Waals surface area contributed by atoms with Crippen LogP contribution in [0, 0.1) is 11.6 Å². The molecule has 6 nitrogen and oxygen atoms in total. The zero-order valence-corrected chi connectivity index (χ0v) is 21.0. The van der Waals surface area contributed by atoms with Crippen LogP contribution in [0.15, 0.2) is 85.1 Å². The molecule has 0 aliphatic carbocycles. The van der Waals surface area contributed by atoms with Crippen molar-refractivity contribution < 1.29 is 41.4 Å². The van der Waals surface area contributed by atoms with E-state index in [0.717, 1.165) is 42.1 Å². The minimum absolute atomic E-state index is 0.100. The maximum atomic E-state index is 13.7. The van der Waals surface area contributed by atoms with Crippen molar-refractivity contribution in [3.63, 3.8) is 0 Å². The van der Waals surface area contributed by atoms with Crippen LogP contribution in [0.5, 0.6) is 0 Å². The van der Waals surface area contributed by atoms with E-state index < -0.39 is 52.9 Å². The zero-order valence-electron chi connectivity index (χ0n) is 20.2. The minimum atomic E-state index is -4.64. The van der Waals surface area contributed by atoms with Crippen LogP contribution in [0.2, 0.25) is 0 Å². The zero-order chi connectivity index (χ0) is 29.2. The van der Waals surface area contributed by atoms with Gasteiger partial charge in [-0.1, -0.05) is 31.4 Å². The van der Waals surface area contributed by atoms with E-state index in [-0.39, 0.29) is 16.9 Å². The largest absolute Gasteiger partial charge is 0.480 e. The van der Waals surface area contributed by atoms with Crippen molar-refractivity contribution in [2.24, 2.45) is 0 Å². The summed E-state index contributed by atoms with van der Waals surface area (Å²) in [6.45, 7) is 7.32. The molecule has 39 heavy (non-hydrogen) atoms. The summed E-state index contributed by atoms with van der Waals surface area (Å²) in [6, 6.07) is 3.93. The fraction of sp³-hybridized carbons (Fsp3) is 0.148. The van der Waals surface area contributed by atoms with Crippen molar-refractivity contribution >= 4 is 35.6 Å². The van der Waals surface area contributed by atoms with Gasteiger partial charge < -0.3 is 15.7 Å². The number of halogens is 5. The molecule has 2 aromatic rings. The van der Waals surface area contributed by atoms with Crippen LogP contribution in [-0.4, -0.2) is 40.4 Å². The standard InChI is InChI=1S/C27H23F5N2O4S/c1-3-4-5-16(2)14-39-15-23(26(37)38)34-25(36)22(12-17-10-20(28)13-21(29)11-17)33-24(35)18-6-8-19(9-7-18)27(30,31)32/h3-13,23H,1-2,14-15H2,(H,33,35)(H,34,36)(H,37,38)/t23-/m0/s1. The van der Waals surface area contributed by atoms with Crippen molar-refractivity contribution in [3.05, 3.63) is 113 Å². The van der Waals surface area contributed by atoms with Gasteiger partial charge in [0, 0.05) is 23.1 Å². The number of hydrogen-bond acceptors (Lipinski definition) is 4. The molecule has 2 rings (SSSR count). The molecule has 0 aliphatic rings. The lowest BCUT2D eigenvalue weighted by molar-refractivity contribution is -0.140. The highest BCUT2D eigenvalue weighted by atomic mass is 32.2. The monoisotopic (exact) mass is 566 g/mol. The van der Waals surface area contributed by atoms with E-state index in [1.807, 2.05) is 0 Å². The third-order valence-corrected chi connectivity index (χ3v) is 5.95. The van der Waals surface area contributed by atoms with Crippen molar-refractivity contribution in [1.29, 1.82) is 0 Å². The molecule has 206 valence electrons. The van der Waals surface area contributed by atoms with E-state index in [0.29, 0.717) is 29.5 Å². The first-order valence-electron chi connectivity index (χ1n) is 11.0. The van der Waals surface area contributed by atoms with Gasteiger partial charge >= 0.3 is 12.1 Å². The van der Waals surface area contributed by atoms with Crippen LogP contribution in [0.4, 0.5) is 22.0 Å². The maximum absolute atomic E-state index is 13.7. The normalized spacial score (nSPS) is 12.6. The fourth-order valence-electron chi connectivity index (χ4n) is 2.96. The number of aliphatic carboxylic acids is 1. The predicted octanol–water partition coefficient (Wildman–Crippen LogP) is 5.36. The van der Waals surface area contributed by atoms with Crippen LogP contribution in [0.1, 0.15) is 21.5 Å². The van der Waals surface area contributed by atoms with Crippen molar-refractivity contribution in [2.45, 2.75) is 12.2 Å². The Kier molecular flexibility index (Phi) is 11.2. The molecule has 3 N–H and O–H groups in total. The van der Waals surface area contributed by atoms with Gasteiger partial charge in [-0.05, 0) is 53.6 Å². The lowest BCUT2D eigenvalue weighted by Gasteiger charge is -2.17. The molecule has 2 amide bonds. The average Bonchev–Trinajstić information content (AvgIpc) is 2.85. The third kappa shape index (κ3) is 10.2. The molecule has 0 radical (unpaired) electrons. The van der Waals surface area contributed by atoms with Crippen LogP contribution < -0.4 is 10.6 Å². The van der Waals surface area contributed by atoms with Crippen molar-refractivity contribution in [1.82, 2.24) is 10.6 Å². The SMILES string of the molecule is C=CC=CC(=C)CSC[C@H](NC(=O)C(=Cc1cc(F)cc(F)c1)NC(=O)c1ccc(C(F)(F)F)cc1)C(=O)O. The molecule has 0 aliphatic heterocycles. The molecular weight excluding hydrogens is 543 g/mol. The van der Waals surface area contributed by atoms with Gasteiger partial charge in [0.2, 0.25) is 0 Å². The van der Waals surface area contributed by atoms with Crippen molar-refractivity contribution in [2.75, 3.05) is 11.5 Å². The number of carboxylic acid groups (broad SMARTS) is 1. The summed E-state index contributed by atoms with van der Waals surface area (Å²) < 4.78 is 65.9. The van der Waals surface area contributed by atoms with E-state index in [1.165, 1.54) is 6.08 Å². The van der Waals surface area contributed by atoms with Gasteiger partial charge in [-0.15, -0.1) is 0 Å². The Morgan fingerprint density at radius 3 is 2.21 bits per heavy atom. The number of benzene rings is 2. The molecule has 0 spiro atoms. The van der Waals surface area contributed by atoms with Gasteiger partial charge in [-0.2, -0.15) is 24.9 Å². The lowest BCUT2D eigenvalue weighted by Crippen LogP contribution is -2.45. The van der Waals surface area contributed by atoms with Crippen LogP contribution in [0.25, 0.3) is 6.08 Å². The number of carboxylic acids is 1. The van der Waals surface area contributed by atoms with Crippen LogP contribution in [-0.2, 0) is 15.8 Å². The smallest absolute Gasteiger partial charge is 0.416 e. The molecule has 0 saturated heterocycles. The lowest BCUT2D eigenvalue weighted by atomic mass is 10.1. The molecule has 0 saturated carbocycles. The number of alkyl halides is 3. The van der Waals surface area contributed by atoms with Crippen LogP contribution in [0.3, 0.4) is 0 Å². The second-order valence-electron chi connectivity index (χ2n) is 7.92. The fourth-order valence-corrected chi connectivity index (χ4v) is 3.90. The predicted molar refractivity (Wildman–Crippen MR) is 139 cm³/mol. The first-order chi connectivity index (χ1) is 18.3. The Labute approximate surface area is 225 Å². The second kappa shape index (κ2) is 14.1. The quantitative estimate of drug-likeness (QED) is 0.183. The van der Waals surface area contributed by atoms with Gasteiger partial charge in [0.25, 0.3) is 11.8 Å². The maximum Gasteiger partial charge on any atom is 0.416 e. The van der Waals surface area contributed by atoms with Gasteiger partial charge in [0.1, 0.15) is 23.4 Å². The van der Waals surface area contributed by atoms with E-state index in [2.05, 4.69) is 23.8 Å². The molecule has 0 fully saturated rings. The number of thioether (sulfide) groups is 1. The van der Waals surface area contributed by atoms with E-state index in [1.54, 1.807) is 12.2 Å². The number of allylic oxidation sites excluding steroid dienone is 3. The topological polar surface area (TPSA) is 95.5 Å². The summed E-state index contributed by atoms with van der Waals surface area (Å²) >= 11 is 1.15. The summed E-state index contributed by atoms with van der Waals surface area (Å²) in [5, 5.41) is 13.9. The Morgan fingerprint density at radius 2 is 1.67 bits per heavy atom. The highest BCUT2D eigenvalue weighted by Gasteiger charge is 2.30. The first-order valence-corrected chi connectivity index (χ1v) is 12.2. The number of rotatable bonds is 12. The number of carbonyl (C=O) groups excluding carboxylic acids is 2. The molecule has 0 bridgehead atoms. The summed E-state index contributed by atoms with van der Waals surface area (Å²) in [5.41, 5.74) is -1.39. The second-order valence-corrected chi connectivity index (χ2v) is 8.95. The Hall–Kier alpha value is -4.19. The van der Waals surface area contributed by atoms with Gasteiger partial charge in [0.05, 0.1) is 5.56 Å². The van der Waals surface area contributed by atoms with Gasteiger partial charge in [0.15, 0.2) is 0 Å². The summed E-state index contributed by atoms with van der Waals surface area (Å²) in [5.74, 6) is -5.27. The van der Waals surface area contributed by atoms with Gasteiger partial charge in [-0.3, -0.25) is 9.59 Å². The van der Waals surface area contributed by atoms with Crippen molar-refractivity contribution in [3.8, 4) is 0 Å². The van der Waals surface area contributed by atoms with E-state index in [9.17, 15) is 41.4 Å². The Balaban J connectivity index is 2.29. The highest BCUT2D eigenvalue weighted by molar-refractivity contribution is 7.99. The summed E-state index contributed by atoms with van der Waals surface area (Å²) in [7, 11) is 0. The number of hydrogen-bond donors (Lipinski definition) is 3. The van der Waals surface area contributed by atoms with E-state index in [4.69, 9.17) is 0 Å². The molecular formula is C27H23F5N2O4S. The molecule has 1 atom stereocenters.